The minimum Gasteiger partial charge on any atom is -0.394 e. The van der Waals surface area contributed by atoms with Crippen LogP contribution in [-0.4, -0.2) is 47.0 Å². The van der Waals surface area contributed by atoms with Crippen LogP contribution in [0.1, 0.15) is 0 Å². The molecule has 2 atom stereocenters. The third-order valence-electron chi connectivity index (χ3n) is 1.65. The van der Waals surface area contributed by atoms with Crippen LogP contribution in [-0.2, 0) is 15.1 Å². The first kappa shape index (κ1) is 9.39. The quantitative estimate of drug-likeness (QED) is 0.327. The zero-order chi connectivity index (χ0) is 9.52. The van der Waals surface area contributed by atoms with Crippen molar-refractivity contribution in [3.8, 4) is 0 Å². The second-order valence-corrected chi connectivity index (χ2v) is 3.68. The van der Waals surface area contributed by atoms with Crippen molar-refractivity contribution >= 4 is 16.2 Å². The molecular formula is C4H8N2O5S. The molecule has 1 aliphatic heterocycles. The largest absolute Gasteiger partial charge is 0.394 e. The van der Waals surface area contributed by atoms with Crippen molar-refractivity contribution in [2.24, 2.45) is 5.73 Å². The Morgan fingerprint density at radius 1 is 1.58 bits per heavy atom. The Bertz CT molecular complexity index is 299. The summed E-state index contributed by atoms with van der Waals surface area (Å²) in [5.41, 5.74) is 5.14. The molecule has 1 saturated heterocycles. The van der Waals surface area contributed by atoms with E-state index in [1.54, 1.807) is 0 Å². The fraction of sp³-hybridized carbons (Fsp3) is 0.750. The summed E-state index contributed by atoms with van der Waals surface area (Å²) >= 11 is 0. The SMILES string of the molecule is N[C@@H]1C(=O)N(S(=O)(=O)O)[C@H]1CO. The molecule has 1 amide bonds. The van der Waals surface area contributed by atoms with Crippen molar-refractivity contribution < 1.29 is 22.9 Å². The van der Waals surface area contributed by atoms with E-state index in [0.29, 0.717) is 0 Å². The zero-order valence-corrected chi connectivity index (χ0v) is 6.73. The molecule has 70 valence electrons. The van der Waals surface area contributed by atoms with Crippen LogP contribution in [0.25, 0.3) is 0 Å². The molecule has 4 N–H and O–H groups in total. The van der Waals surface area contributed by atoms with Gasteiger partial charge in [0, 0.05) is 0 Å². The van der Waals surface area contributed by atoms with Gasteiger partial charge in [-0.05, 0) is 0 Å². The lowest BCUT2D eigenvalue weighted by Crippen LogP contribution is -2.71. The molecule has 0 spiro atoms. The monoisotopic (exact) mass is 196 g/mol. The predicted molar refractivity (Wildman–Crippen MR) is 37.2 cm³/mol. The molecular weight excluding hydrogens is 188 g/mol. The molecule has 0 aromatic carbocycles. The summed E-state index contributed by atoms with van der Waals surface area (Å²) < 4.78 is 29.5. The summed E-state index contributed by atoms with van der Waals surface area (Å²) in [4.78, 5) is 10.7. The first-order chi connectivity index (χ1) is 5.39. The van der Waals surface area contributed by atoms with E-state index in [2.05, 4.69) is 0 Å². The third kappa shape index (κ3) is 1.18. The summed E-state index contributed by atoms with van der Waals surface area (Å²) in [5.74, 6) is -0.906. The molecule has 1 rings (SSSR count). The Labute approximate surface area is 68.6 Å². The number of rotatable bonds is 2. The lowest BCUT2D eigenvalue weighted by Gasteiger charge is -2.40. The van der Waals surface area contributed by atoms with Gasteiger partial charge in [0.05, 0.1) is 12.6 Å². The van der Waals surface area contributed by atoms with E-state index < -0.39 is 34.9 Å². The highest BCUT2D eigenvalue weighted by atomic mass is 32.2. The molecule has 1 fully saturated rings. The van der Waals surface area contributed by atoms with E-state index in [4.69, 9.17) is 15.4 Å². The first-order valence-electron chi connectivity index (χ1n) is 3.06. The number of carbonyl (C=O) groups excluding carboxylic acids is 1. The minimum absolute atomic E-state index is 0.164. The summed E-state index contributed by atoms with van der Waals surface area (Å²) in [6.45, 7) is -0.591. The number of hydrogen-bond acceptors (Lipinski definition) is 5. The number of aliphatic hydroxyl groups excluding tert-OH is 1. The molecule has 0 bridgehead atoms. The van der Waals surface area contributed by atoms with Crippen LogP contribution in [0.3, 0.4) is 0 Å². The van der Waals surface area contributed by atoms with Gasteiger partial charge in [0.2, 0.25) is 0 Å². The Morgan fingerprint density at radius 2 is 2.08 bits per heavy atom. The normalized spacial score (nSPS) is 30.2. The molecule has 0 saturated carbocycles. The highest BCUT2D eigenvalue weighted by molar-refractivity contribution is 7.84. The average Bonchev–Trinajstić information content (AvgIpc) is 1.95. The van der Waals surface area contributed by atoms with Gasteiger partial charge in [-0.15, -0.1) is 0 Å². The van der Waals surface area contributed by atoms with Crippen LogP contribution in [0.2, 0.25) is 0 Å². The first-order valence-corrected chi connectivity index (χ1v) is 4.46. The van der Waals surface area contributed by atoms with Gasteiger partial charge >= 0.3 is 10.3 Å². The number of nitrogens with two attached hydrogens (primary N) is 1. The molecule has 8 heteroatoms. The van der Waals surface area contributed by atoms with Gasteiger partial charge in [0.1, 0.15) is 6.04 Å². The molecule has 12 heavy (non-hydrogen) atoms. The van der Waals surface area contributed by atoms with Gasteiger partial charge in [-0.2, -0.15) is 8.42 Å². The van der Waals surface area contributed by atoms with Gasteiger partial charge in [0.25, 0.3) is 5.91 Å². The van der Waals surface area contributed by atoms with Crippen LogP contribution in [0.15, 0.2) is 0 Å². The predicted octanol–water partition coefficient (Wildman–Crippen LogP) is -2.68. The molecule has 7 nitrogen and oxygen atoms in total. The van der Waals surface area contributed by atoms with E-state index in [-0.39, 0.29) is 4.31 Å². The van der Waals surface area contributed by atoms with Crippen molar-refractivity contribution in [3.63, 3.8) is 0 Å². The van der Waals surface area contributed by atoms with Crippen molar-refractivity contribution in [1.29, 1.82) is 0 Å². The number of aliphatic hydroxyl groups is 1. The van der Waals surface area contributed by atoms with Gasteiger partial charge in [-0.1, -0.05) is 0 Å². The number of amides is 1. The lowest BCUT2D eigenvalue weighted by molar-refractivity contribution is -0.142. The van der Waals surface area contributed by atoms with E-state index in [1.165, 1.54) is 0 Å². The van der Waals surface area contributed by atoms with E-state index in [9.17, 15) is 13.2 Å². The van der Waals surface area contributed by atoms with Crippen LogP contribution < -0.4 is 5.73 Å². The van der Waals surface area contributed by atoms with E-state index in [0.717, 1.165) is 0 Å². The Hall–Kier alpha value is -0.700. The molecule has 0 aromatic heterocycles. The van der Waals surface area contributed by atoms with Gasteiger partial charge in [0.15, 0.2) is 0 Å². The van der Waals surface area contributed by atoms with Crippen molar-refractivity contribution in [2.75, 3.05) is 6.61 Å². The number of carbonyl (C=O) groups is 1. The van der Waals surface area contributed by atoms with Crippen LogP contribution in [0, 0.1) is 0 Å². The summed E-state index contributed by atoms with van der Waals surface area (Å²) in [5, 5.41) is 8.56. The van der Waals surface area contributed by atoms with Crippen LogP contribution in [0.4, 0.5) is 0 Å². The number of nitrogens with zero attached hydrogens (tertiary/aromatic N) is 1. The molecule has 1 heterocycles. The molecule has 0 aliphatic carbocycles. The Balaban J connectivity index is 2.88. The fourth-order valence-corrected chi connectivity index (χ4v) is 1.90. The topological polar surface area (TPSA) is 121 Å². The zero-order valence-electron chi connectivity index (χ0n) is 5.91. The van der Waals surface area contributed by atoms with Gasteiger partial charge in [-0.25, -0.2) is 4.31 Å². The highest BCUT2D eigenvalue weighted by Crippen LogP contribution is 2.20. The number of hydrogen-bond donors (Lipinski definition) is 3. The highest BCUT2D eigenvalue weighted by Gasteiger charge is 2.50. The summed E-state index contributed by atoms with van der Waals surface area (Å²) in [7, 11) is -4.57. The molecule has 0 unspecified atom stereocenters. The lowest BCUT2D eigenvalue weighted by atomic mass is 10.0. The molecule has 0 aromatic rings. The smallest absolute Gasteiger partial charge is 0.362 e. The maximum absolute atomic E-state index is 10.7. The average molecular weight is 196 g/mol. The Morgan fingerprint density at radius 3 is 2.33 bits per heavy atom. The second kappa shape index (κ2) is 2.66. The minimum atomic E-state index is -4.57. The van der Waals surface area contributed by atoms with Gasteiger partial charge in [-0.3, -0.25) is 9.35 Å². The van der Waals surface area contributed by atoms with Crippen molar-refractivity contribution in [1.82, 2.24) is 4.31 Å². The standard InChI is InChI=1S/C4H8N2O5S/c5-3-2(1-7)6(4(3)8)12(9,10)11/h2-3,7H,1,5H2,(H,9,10,11)/t2-,3-/m0/s1. The summed E-state index contributed by atoms with van der Waals surface area (Å²) in [6.07, 6.45) is 0. The second-order valence-electron chi connectivity index (χ2n) is 2.39. The molecule has 0 radical (unpaired) electrons. The third-order valence-corrected chi connectivity index (χ3v) is 2.60. The Kier molecular flexibility index (Phi) is 2.08. The maximum Gasteiger partial charge on any atom is 0.362 e. The van der Waals surface area contributed by atoms with E-state index in [1.807, 2.05) is 0 Å². The van der Waals surface area contributed by atoms with Crippen LogP contribution >= 0.6 is 0 Å². The number of β-lactam (4-membered cyclic amide) rings is 1. The van der Waals surface area contributed by atoms with E-state index >= 15 is 0 Å². The molecule has 1 aliphatic rings. The maximum atomic E-state index is 10.7. The van der Waals surface area contributed by atoms with Crippen LogP contribution in [0.5, 0.6) is 0 Å². The van der Waals surface area contributed by atoms with Crippen molar-refractivity contribution in [2.45, 2.75) is 12.1 Å². The fourth-order valence-electron chi connectivity index (χ4n) is 1.01. The van der Waals surface area contributed by atoms with Gasteiger partial charge < -0.3 is 10.8 Å². The van der Waals surface area contributed by atoms with Crippen molar-refractivity contribution in [3.05, 3.63) is 0 Å². The summed E-state index contributed by atoms with van der Waals surface area (Å²) in [6, 6.07) is -2.08.